The normalized spacial score (nSPS) is 15.3. The van der Waals surface area contributed by atoms with E-state index in [9.17, 15) is 0 Å². The van der Waals surface area contributed by atoms with E-state index in [1.807, 2.05) is 0 Å². The molecule has 0 aromatic heterocycles. The van der Waals surface area contributed by atoms with E-state index in [1.54, 1.807) is 0 Å². The van der Waals surface area contributed by atoms with Gasteiger partial charge in [0.25, 0.3) is 0 Å². The Morgan fingerprint density at radius 2 is 0.913 bits per heavy atom. The number of benzene rings is 5. The van der Waals surface area contributed by atoms with Crippen molar-refractivity contribution < 1.29 is 4.74 Å². The van der Waals surface area contributed by atoms with Crippen molar-refractivity contribution in [2.45, 2.75) is 13.2 Å². The van der Waals surface area contributed by atoms with Crippen LogP contribution in [0.2, 0.25) is 0 Å². The molecule has 106 valence electrons. The summed E-state index contributed by atoms with van der Waals surface area (Å²) in [5.41, 5.74) is 2.69. The van der Waals surface area contributed by atoms with Crippen molar-refractivity contribution in [1.29, 1.82) is 0 Å². The molecule has 1 aliphatic rings. The second kappa shape index (κ2) is 3.32. The van der Waals surface area contributed by atoms with Crippen LogP contribution in [0.15, 0.2) is 48.5 Å². The fraction of sp³-hybridized carbons (Fsp3) is 0.0909. The van der Waals surface area contributed by atoms with E-state index in [1.165, 1.54) is 65.0 Å². The molecule has 0 radical (unpaired) electrons. The van der Waals surface area contributed by atoms with Gasteiger partial charge >= 0.3 is 0 Å². The van der Waals surface area contributed by atoms with Gasteiger partial charge in [0, 0.05) is 0 Å². The van der Waals surface area contributed by atoms with E-state index in [-0.39, 0.29) is 0 Å². The van der Waals surface area contributed by atoms with Gasteiger partial charge in [-0.25, -0.2) is 0 Å². The summed E-state index contributed by atoms with van der Waals surface area (Å²) in [5, 5.41) is 14.2. The van der Waals surface area contributed by atoms with Gasteiger partial charge in [0.2, 0.25) is 0 Å². The van der Waals surface area contributed by atoms with Crippen LogP contribution in [0, 0.1) is 0 Å². The average Bonchev–Trinajstić information content (AvgIpc) is 2.96. The molecule has 0 amide bonds. The van der Waals surface area contributed by atoms with Crippen LogP contribution in [0.4, 0.5) is 0 Å². The lowest BCUT2D eigenvalue weighted by Gasteiger charge is -2.20. The molecule has 0 spiro atoms. The van der Waals surface area contributed by atoms with Crippen molar-refractivity contribution in [3.63, 3.8) is 0 Å². The van der Waals surface area contributed by atoms with Crippen molar-refractivity contribution in [1.82, 2.24) is 0 Å². The van der Waals surface area contributed by atoms with E-state index < -0.39 is 0 Å². The molecule has 6 aromatic carbocycles. The van der Waals surface area contributed by atoms with Crippen molar-refractivity contribution in [2.75, 3.05) is 0 Å². The van der Waals surface area contributed by atoms with Crippen molar-refractivity contribution in [3.8, 4) is 0 Å². The quantitative estimate of drug-likeness (QED) is 0.322. The van der Waals surface area contributed by atoms with Crippen molar-refractivity contribution in [3.05, 3.63) is 59.7 Å². The molecule has 23 heavy (non-hydrogen) atoms. The van der Waals surface area contributed by atoms with Gasteiger partial charge in [-0.3, -0.25) is 0 Å². The maximum absolute atomic E-state index is 5.85. The molecule has 1 nitrogen and oxygen atoms in total. The molecule has 0 bridgehead atoms. The fourth-order valence-corrected chi connectivity index (χ4v) is 4.97. The Morgan fingerprint density at radius 1 is 0.478 bits per heavy atom. The predicted octanol–water partition coefficient (Wildman–Crippen LogP) is 5.80. The van der Waals surface area contributed by atoms with E-state index >= 15 is 0 Å². The molecule has 0 aliphatic carbocycles. The van der Waals surface area contributed by atoms with Gasteiger partial charge in [0.1, 0.15) is 0 Å². The first-order valence-electron chi connectivity index (χ1n) is 8.17. The van der Waals surface area contributed by atoms with Gasteiger partial charge in [-0.05, 0) is 77.1 Å². The van der Waals surface area contributed by atoms with Gasteiger partial charge in [-0.2, -0.15) is 0 Å². The lowest BCUT2D eigenvalue weighted by atomic mass is 9.91. The summed E-state index contributed by atoms with van der Waals surface area (Å²) in [7, 11) is 0. The van der Waals surface area contributed by atoms with E-state index in [0.717, 1.165) is 13.2 Å². The summed E-state index contributed by atoms with van der Waals surface area (Å²) in [6.45, 7) is 1.46. The van der Waals surface area contributed by atoms with E-state index in [2.05, 4.69) is 48.5 Å². The van der Waals surface area contributed by atoms with Crippen molar-refractivity contribution >= 4 is 53.9 Å². The minimum atomic E-state index is 0.731. The Hall–Kier alpha value is -2.64. The molecule has 1 heteroatoms. The Labute approximate surface area is 132 Å². The topological polar surface area (TPSA) is 9.23 Å². The van der Waals surface area contributed by atoms with Crippen molar-refractivity contribution in [2.24, 2.45) is 0 Å². The highest BCUT2D eigenvalue weighted by Gasteiger charge is 2.24. The van der Waals surface area contributed by atoms with Crippen LogP contribution in [0.3, 0.4) is 0 Å². The standard InChI is InChI=1S/C22H12O/c1-2-12-4-6-14-8-16-10-23-9-15-7-13-5-3-11(1)18-19(12)21(14)22(17(15)16)20(13)18/h1-8H,9-10H2. The molecule has 0 saturated carbocycles. The number of hydrogen-bond acceptors (Lipinski definition) is 1. The van der Waals surface area contributed by atoms with Crippen LogP contribution in [-0.4, -0.2) is 0 Å². The Morgan fingerprint density at radius 3 is 1.43 bits per heavy atom. The van der Waals surface area contributed by atoms with Crippen LogP contribution in [0.25, 0.3) is 53.9 Å². The van der Waals surface area contributed by atoms with Gasteiger partial charge < -0.3 is 4.74 Å². The fourth-order valence-electron chi connectivity index (χ4n) is 4.97. The molecule has 0 fully saturated rings. The molecule has 0 N–H and O–H groups in total. The maximum atomic E-state index is 5.85. The molecule has 7 rings (SSSR count). The third kappa shape index (κ3) is 1.06. The van der Waals surface area contributed by atoms with E-state index in [4.69, 9.17) is 4.74 Å². The highest BCUT2D eigenvalue weighted by molar-refractivity contribution is 6.44. The second-order valence-corrected chi connectivity index (χ2v) is 6.90. The van der Waals surface area contributed by atoms with E-state index in [0.29, 0.717) is 0 Å². The number of ether oxygens (including phenoxy) is 1. The second-order valence-electron chi connectivity index (χ2n) is 6.90. The average molecular weight is 292 g/mol. The SMILES string of the molecule is c1cc2ccc3cc4c5c(cc6ccc1c1c2c3c5c61)COC4. The van der Waals surface area contributed by atoms with Crippen LogP contribution >= 0.6 is 0 Å². The number of hydrogen-bond donors (Lipinski definition) is 0. The Kier molecular flexibility index (Phi) is 1.58. The smallest absolute Gasteiger partial charge is 0.0727 e. The predicted molar refractivity (Wildman–Crippen MR) is 96.0 cm³/mol. The van der Waals surface area contributed by atoms with Crippen LogP contribution in [0.5, 0.6) is 0 Å². The lowest BCUT2D eigenvalue weighted by molar-refractivity contribution is 0.103. The van der Waals surface area contributed by atoms with Gasteiger partial charge in [-0.15, -0.1) is 0 Å². The zero-order valence-corrected chi connectivity index (χ0v) is 12.4. The summed E-state index contributed by atoms with van der Waals surface area (Å²) in [6.07, 6.45) is 0. The molecular formula is C22H12O. The molecular weight excluding hydrogens is 280 g/mol. The first-order chi connectivity index (χ1) is 11.4. The van der Waals surface area contributed by atoms with Crippen LogP contribution in [0.1, 0.15) is 11.1 Å². The third-order valence-electron chi connectivity index (χ3n) is 5.80. The summed E-state index contributed by atoms with van der Waals surface area (Å²) >= 11 is 0. The highest BCUT2D eigenvalue weighted by atomic mass is 16.5. The summed E-state index contributed by atoms with van der Waals surface area (Å²) in [5.74, 6) is 0. The summed E-state index contributed by atoms with van der Waals surface area (Å²) < 4.78 is 5.85. The van der Waals surface area contributed by atoms with Gasteiger partial charge in [0.15, 0.2) is 0 Å². The first kappa shape index (κ1) is 11.0. The third-order valence-corrected chi connectivity index (χ3v) is 5.80. The zero-order chi connectivity index (χ0) is 14.7. The maximum Gasteiger partial charge on any atom is 0.0727 e. The molecule has 0 saturated heterocycles. The molecule has 1 aliphatic heterocycles. The van der Waals surface area contributed by atoms with Gasteiger partial charge in [0.05, 0.1) is 13.2 Å². The Balaban J connectivity index is 2.04. The summed E-state index contributed by atoms with van der Waals surface area (Å²) in [4.78, 5) is 0. The van der Waals surface area contributed by atoms with Crippen LogP contribution in [-0.2, 0) is 18.0 Å². The monoisotopic (exact) mass is 292 g/mol. The minimum Gasteiger partial charge on any atom is -0.372 e. The van der Waals surface area contributed by atoms with Crippen LogP contribution < -0.4 is 0 Å². The lowest BCUT2D eigenvalue weighted by Crippen LogP contribution is -2.04. The molecule has 0 atom stereocenters. The minimum absolute atomic E-state index is 0.731. The molecule has 1 heterocycles. The Bertz CT molecular complexity index is 1270. The first-order valence-corrected chi connectivity index (χ1v) is 8.17. The highest BCUT2D eigenvalue weighted by Crippen LogP contribution is 2.50. The number of rotatable bonds is 0. The summed E-state index contributed by atoms with van der Waals surface area (Å²) in [6, 6.07) is 18.3. The molecule has 0 unspecified atom stereocenters. The largest absolute Gasteiger partial charge is 0.372 e. The van der Waals surface area contributed by atoms with Gasteiger partial charge in [-0.1, -0.05) is 36.4 Å². The molecule has 6 aromatic rings. The zero-order valence-electron chi connectivity index (χ0n) is 12.4.